The van der Waals surface area contributed by atoms with Gasteiger partial charge in [-0.2, -0.15) is 0 Å². The average molecular weight is 456 g/mol. The smallest absolute Gasteiger partial charge is 0.255 e. The van der Waals surface area contributed by atoms with Crippen molar-refractivity contribution in [2.75, 3.05) is 13.1 Å². The van der Waals surface area contributed by atoms with Gasteiger partial charge in [0.15, 0.2) is 0 Å². The van der Waals surface area contributed by atoms with Crippen LogP contribution in [0.5, 0.6) is 5.75 Å². The Labute approximate surface area is 194 Å². The quantitative estimate of drug-likeness (QED) is 0.662. The molecule has 1 aromatic rings. The second-order valence-electron chi connectivity index (χ2n) is 9.99. The maximum Gasteiger partial charge on any atom is 0.255 e. The molecule has 8 heteroatoms. The van der Waals surface area contributed by atoms with Crippen molar-refractivity contribution < 1.29 is 23.9 Å². The number of fused-ring (bicyclic) bond motifs is 1. The molecular formula is C25H33N3O5. The minimum atomic E-state index is -0.595. The summed E-state index contributed by atoms with van der Waals surface area (Å²) in [6, 6.07) is 5.43. The van der Waals surface area contributed by atoms with E-state index in [2.05, 4.69) is 24.1 Å². The summed E-state index contributed by atoms with van der Waals surface area (Å²) < 4.78 is 12.4. The normalized spacial score (nSPS) is 28.6. The van der Waals surface area contributed by atoms with E-state index in [9.17, 15) is 14.4 Å². The Kier molecular flexibility index (Phi) is 6.14. The van der Waals surface area contributed by atoms with Crippen LogP contribution in [0.3, 0.4) is 0 Å². The fraction of sp³-hybridized carbons (Fsp3) is 0.640. The average Bonchev–Trinajstić information content (AvgIpc) is 3.06. The highest BCUT2D eigenvalue weighted by molar-refractivity contribution is 6.05. The Balaban J connectivity index is 1.24. The minimum Gasteiger partial charge on any atom is -0.489 e. The van der Waals surface area contributed by atoms with Gasteiger partial charge >= 0.3 is 0 Å². The highest BCUT2D eigenvalue weighted by Crippen LogP contribution is 2.34. The fourth-order valence-electron chi connectivity index (χ4n) is 5.64. The van der Waals surface area contributed by atoms with Crippen LogP contribution >= 0.6 is 0 Å². The van der Waals surface area contributed by atoms with Gasteiger partial charge in [0.1, 0.15) is 17.9 Å². The fourth-order valence-corrected chi connectivity index (χ4v) is 5.64. The molecule has 3 heterocycles. The third-order valence-electron chi connectivity index (χ3n) is 7.26. The first-order valence-electron chi connectivity index (χ1n) is 12.2. The van der Waals surface area contributed by atoms with Gasteiger partial charge in [-0.3, -0.25) is 24.6 Å². The molecule has 33 heavy (non-hydrogen) atoms. The van der Waals surface area contributed by atoms with Gasteiger partial charge in [0, 0.05) is 37.7 Å². The van der Waals surface area contributed by atoms with Gasteiger partial charge in [-0.1, -0.05) is 6.42 Å². The lowest BCUT2D eigenvalue weighted by atomic mass is 9.89. The Bertz CT molecular complexity index is 942. The zero-order valence-corrected chi connectivity index (χ0v) is 19.4. The SMILES string of the molecule is CC(C)OC1CN(C2CCCC[C@H]2Oc2ccc3c(c2)CN(C2CCC(=O)NC2=O)C3=O)C1. The number of nitrogens with one attached hydrogen (secondary N) is 1. The number of ether oxygens (including phenoxy) is 2. The van der Waals surface area contributed by atoms with Gasteiger partial charge < -0.3 is 14.4 Å². The van der Waals surface area contributed by atoms with Gasteiger partial charge in [0.05, 0.1) is 12.2 Å². The zero-order chi connectivity index (χ0) is 23.1. The number of likely N-dealkylation sites (tertiary alicyclic amines) is 1. The van der Waals surface area contributed by atoms with Crippen molar-refractivity contribution in [3.8, 4) is 5.75 Å². The van der Waals surface area contributed by atoms with Crippen LogP contribution in [0.25, 0.3) is 0 Å². The Morgan fingerprint density at radius 1 is 1.06 bits per heavy atom. The summed E-state index contributed by atoms with van der Waals surface area (Å²) >= 11 is 0. The van der Waals surface area contributed by atoms with Crippen LogP contribution < -0.4 is 10.1 Å². The maximum absolute atomic E-state index is 12.9. The number of piperidine rings is 1. The molecule has 1 N–H and O–H groups in total. The summed E-state index contributed by atoms with van der Waals surface area (Å²) in [5.74, 6) is -0.0388. The molecule has 1 aliphatic carbocycles. The van der Waals surface area contributed by atoms with E-state index >= 15 is 0 Å². The molecule has 3 fully saturated rings. The number of carbonyl (C=O) groups excluding carboxylic acids is 3. The molecule has 2 saturated heterocycles. The van der Waals surface area contributed by atoms with E-state index < -0.39 is 6.04 Å². The largest absolute Gasteiger partial charge is 0.489 e. The molecule has 8 nitrogen and oxygen atoms in total. The summed E-state index contributed by atoms with van der Waals surface area (Å²) in [5.41, 5.74) is 1.49. The van der Waals surface area contributed by atoms with Crippen LogP contribution in [0.15, 0.2) is 18.2 Å². The molecule has 0 spiro atoms. The summed E-state index contributed by atoms with van der Waals surface area (Å²) in [7, 11) is 0. The maximum atomic E-state index is 12.9. The number of nitrogens with zero attached hydrogens (tertiary/aromatic N) is 2. The van der Waals surface area contributed by atoms with Crippen molar-refractivity contribution in [1.82, 2.24) is 15.1 Å². The van der Waals surface area contributed by atoms with Gasteiger partial charge in [-0.05, 0) is 63.3 Å². The van der Waals surface area contributed by atoms with Crippen LogP contribution in [0, 0.1) is 0 Å². The summed E-state index contributed by atoms with van der Waals surface area (Å²) in [6.07, 6.45) is 5.86. The monoisotopic (exact) mass is 455 g/mol. The van der Waals surface area contributed by atoms with E-state index in [-0.39, 0.29) is 36.4 Å². The van der Waals surface area contributed by atoms with Gasteiger partial charge in [0.25, 0.3) is 5.91 Å². The minimum absolute atomic E-state index is 0.125. The van der Waals surface area contributed by atoms with Crippen molar-refractivity contribution in [3.63, 3.8) is 0 Å². The van der Waals surface area contributed by atoms with Crippen LogP contribution in [0.1, 0.15) is 68.3 Å². The van der Waals surface area contributed by atoms with Crippen LogP contribution in [-0.4, -0.2) is 71.0 Å². The molecule has 3 aliphatic heterocycles. The number of hydrogen-bond acceptors (Lipinski definition) is 6. The second kappa shape index (κ2) is 9.06. The number of imide groups is 1. The van der Waals surface area contributed by atoms with Crippen molar-refractivity contribution in [2.45, 2.75) is 89.3 Å². The molecule has 0 aromatic heterocycles. The first-order chi connectivity index (χ1) is 15.9. The number of rotatable bonds is 6. The molecule has 3 atom stereocenters. The molecular weight excluding hydrogens is 422 g/mol. The Morgan fingerprint density at radius 2 is 1.85 bits per heavy atom. The molecule has 1 saturated carbocycles. The number of carbonyl (C=O) groups is 3. The highest BCUT2D eigenvalue weighted by atomic mass is 16.5. The summed E-state index contributed by atoms with van der Waals surface area (Å²) in [6.45, 7) is 6.45. The summed E-state index contributed by atoms with van der Waals surface area (Å²) in [4.78, 5) is 40.7. The van der Waals surface area contributed by atoms with Gasteiger partial charge in [0.2, 0.25) is 11.8 Å². The molecule has 178 valence electrons. The van der Waals surface area contributed by atoms with E-state index in [0.29, 0.717) is 30.7 Å². The van der Waals surface area contributed by atoms with Crippen LogP contribution in [-0.2, 0) is 20.9 Å². The Hall–Kier alpha value is -2.45. The van der Waals surface area contributed by atoms with Crippen LogP contribution in [0.2, 0.25) is 0 Å². The van der Waals surface area contributed by atoms with Crippen molar-refractivity contribution in [1.29, 1.82) is 0 Å². The van der Waals surface area contributed by atoms with E-state index in [4.69, 9.17) is 9.47 Å². The Morgan fingerprint density at radius 3 is 2.61 bits per heavy atom. The number of amides is 3. The second-order valence-corrected chi connectivity index (χ2v) is 9.99. The third-order valence-corrected chi connectivity index (χ3v) is 7.26. The van der Waals surface area contributed by atoms with Crippen molar-refractivity contribution in [2.24, 2.45) is 0 Å². The molecule has 3 amide bonds. The predicted octanol–water partition coefficient (Wildman–Crippen LogP) is 2.25. The third kappa shape index (κ3) is 4.51. The first kappa shape index (κ1) is 22.3. The molecule has 5 rings (SSSR count). The zero-order valence-electron chi connectivity index (χ0n) is 19.4. The molecule has 0 bridgehead atoms. The molecule has 1 aromatic carbocycles. The lowest BCUT2D eigenvalue weighted by molar-refractivity contribution is -0.136. The molecule has 4 aliphatic rings. The highest BCUT2D eigenvalue weighted by Gasteiger charge is 2.41. The van der Waals surface area contributed by atoms with E-state index in [0.717, 1.165) is 43.7 Å². The molecule has 0 radical (unpaired) electrons. The van der Waals surface area contributed by atoms with E-state index in [1.54, 1.807) is 4.90 Å². The van der Waals surface area contributed by atoms with E-state index in [1.807, 2.05) is 18.2 Å². The van der Waals surface area contributed by atoms with Gasteiger partial charge in [-0.25, -0.2) is 0 Å². The topological polar surface area (TPSA) is 88.2 Å². The lowest BCUT2D eigenvalue weighted by Crippen LogP contribution is -2.61. The first-order valence-corrected chi connectivity index (χ1v) is 12.2. The predicted molar refractivity (Wildman–Crippen MR) is 121 cm³/mol. The lowest BCUT2D eigenvalue weighted by Gasteiger charge is -2.48. The van der Waals surface area contributed by atoms with Crippen molar-refractivity contribution >= 4 is 17.7 Å². The van der Waals surface area contributed by atoms with Crippen LogP contribution in [0.4, 0.5) is 0 Å². The molecule has 2 unspecified atom stereocenters. The van der Waals surface area contributed by atoms with E-state index in [1.165, 1.54) is 6.42 Å². The summed E-state index contributed by atoms with van der Waals surface area (Å²) in [5, 5.41) is 2.35. The standard InChI is InChI=1S/C25H33N3O5/c1-15(2)32-18-13-27(14-18)20-5-3-4-6-22(20)33-17-7-8-19-16(11-17)12-28(25(19)31)21-9-10-23(29)26-24(21)30/h7-8,11,15,18,20-22H,3-6,9-10,12-14H2,1-2H3,(H,26,29,30)/t20?,21?,22-/m1/s1. The number of benzene rings is 1. The van der Waals surface area contributed by atoms with Crippen molar-refractivity contribution in [3.05, 3.63) is 29.3 Å². The van der Waals surface area contributed by atoms with Gasteiger partial charge in [-0.15, -0.1) is 0 Å². The number of hydrogen-bond donors (Lipinski definition) is 1.